The monoisotopic (exact) mass is 448 g/mol. The molecule has 0 bridgehead atoms. The second-order valence-corrected chi connectivity index (χ2v) is 9.63. The number of allylic oxidation sites excluding steroid dienone is 2. The number of hydrazine groups is 1. The molecular formula is C20H24N4O6S. The van der Waals surface area contributed by atoms with Crippen LogP contribution < -0.4 is 10.9 Å². The first-order valence-corrected chi connectivity index (χ1v) is 11.2. The lowest BCUT2D eigenvalue weighted by Gasteiger charge is -2.18. The number of carbonyl (C=O) groups excluding carboxylic acids is 4. The van der Waals surface area contributed by atoms with Gasteiger partial charge < -0.3 is 0 Å². The molecule has 0 unspecified atom stereocenters. The first kappa shape index (κ1) is 22.6. The fraction of sp³-hybridized carbons (Fsp3) is 0.400. The Balaban J connectivity index is 1.50. The van der Waals surface area contributed by atoms with Gasteiger partial charge in [0.2, 0.25) is 21.8 Å². The summed E-state index contributed by atoms with van der Waals surface area (Å²) in [6.45, 7) is 0.778. The van der Waals surface area contributed by atoms with Gasteiger partial charge in [-0.25, -0.2) is 8.42 Å². The zero-order valence-electron chi connectivity index (χ0n) is 17.2. The van der Waals surface area contributed by atoms with E-state index < -0.39 is 58.6 Å². The van der Waals surface area contributed by atoms with Crippen molar-refractivity contribution in [3.63, 3.8) is 0 Å². The highest BCUT2D eigenvalue weighted by molar-refractivity contribution is 7.89. The first-order valence-electron chi connectivity index (χ1n) is 9.72. The van der Waals surface area contributed by atoms with E-state index in [0.29, 0.717) is 12.8 Å². The fourth-order valence-electron chi connectivity index (χ4n) is 3.56. The van der Waals surface area contributed by atoms with Gasteiger partial charge in [-0.15, -0.1) is 0 Å². The zero-order valence-corrected chi connectivity index (χ0v) is 18.0. The van der Waals surface area contributed by atoms with Crippen molar-refractivity contribution < 1.29 is 27.6 Å². The van der Waals surface area contributed by atoms with Gasteiger partial charge in [-0.2, -0.15) is 4.31 Å². The summed E-state index contributed by atoms with van der Waals surface area (Å²) >= 11 is 0. The summed E-state index contributed by atoms with van der Waals surface area (Å²) < 4.78 is 25.9. The topological polar surface area (TPSA) is 133 Å². The highest BCUT2D eigenvalue weighted by Gasteiger charge is 2.47. The lowest BCUT2D eigenvalue weighted by atomic mass is 9.85. The Morgan fingerprint density at radius 1 is 1.00 bits per heavy atom. The van der Waals surface area contributed by atoms with Crippen LogP contribution in [0.25, 0.3) is 0 Å². The zero-order chi connectivity index (χ0) is 22.8. The molecule has 11 heteroatoms. The minimum absolute atomic E-state index is 0.0412. The Hall–Kier alpha value is -3.05. The number of carbonyl (C=O) groups is 4. The predicted molar refractivity (Wildman–Crippen MR) is 109 cm³/mol. The minimum atomic E-state index is -3.88. The maximum absolute atomic E-state index is 12.5. The van der Waals surface area contributed by atoms with Crippen molar-refractivity contribution in [1.82, 2.24) is 20.1 Å². The van der Waals surface area contributed by atoms with E-state index in [1.54, 1.807) is 12.1 Å². The number of likely N-dealkylation sites (N-methyl/N-ethyl adjacent to an activating group) is 1. The van der Waals surface area contributed by atoms with Crippen LogP contribution in [-0.4, -0.2) is 61.4 Å². The molecule has 1 aromatic carbocycles. The number of fused-ring (bicyclic) bond motifs is 1. The van der Waals surface area contributed by atoms with Crippen LogP contribution in [0.3, 0.4) is 0 Å². The molecule has 1 fully saturated rings. The maximum Gasteiger partial charge on any atom is 0.258 e. The SMILES string of the molecule is Cc1ccc(S(=O)(=O)N(C)CC(=O)NNC(=O)CN2C(=O)[C@H]3CC=CC[C@H]3C2=O)cc1. The van der Waals surface area contributed by atoms with Crippen molar-refractivity contribution in [2.24, 2.45) is 11.8 Å². The molecule has 3 rings (SSSR count). The number of amides is 4. The molecule has 0 saturated carbocycles. The molecular weight excluding hydrogens is 424 g/mol. The van der Waals surface area contributed by atoms with Crippen LogP contribution >= 0.6 is 0 Å². The largest absolute Gasteiger partial charge is 0.274 e. The van der Waals surface area contributed by atoms with E-state index in [2.05, 4.69) is 10.9 Å². The van der Waals surface area contributed by atoms with E-state index >= 15 is 0 Å². The first-order chi connectivity index (χ1) is 14.6. The van der Waals surface area contributed by atoms with Gasteiger partial charge in [0.05, 0.1) is 23.3 Å². The molecule has 2 N–H and O–H groups in total. The van der Waals surface area contributed by atoms with E-state index in [-0.39, 0.29) is 4.90 Å². The number of rotatable bonds is 6. The van der Waals surface area contributed by atoms with Crippen molar-refractivity contribution >= 4 is 33.7 Å². The van der Waals surface area contributed by atoms with Crippen LogP contribution in [-0.2, 0) is 29.2 Å². The lowest BCUT2D eigenvalue weighted by molar-refractivity contribution is -0.144. The molecule has 1 heterocycles. The second-order valence-electron chi connectivity index (χ2n) is 7.59. The summed E-state index contributed by atoms with van der Waals surface area (Å²) in [7, 11) is -2.63. The molecule has 1 saturated heterocycles. The summed E-state index contributed by atoms with van der Waals surface area (Å²) in [4.78, 5) is 49.9. The molecule has 1 aliphatic heterocycles. The molecule has 0 radical (unpaired) electrons. The maximum atomic E-state index is 12.5. The molecule has 1 aromatic rings. The van der Waals surface area contributed by atoms with Gasteiger partial charge in [0.25, 0.3) is 11.8 Å². The van der Waals surface area contributed by atoms with Gasteiger partial charge in [-0.1, -0.05) is 29.8 Å². The lowest BCUT2D eigenvalue weighted by Crippen LogP contribution is -2.50. The number of sulfonamides is 1. The second kappa shape index (κ2) is 8.98. The number of hydrogen-bond donors (Lipinski definition) is 2. The van der Waals surface area contributed by atoms with Gasteiger partial charge in [-0.3, -0.25) is 34.9 Å². The Labute approximate surface area is 180 Å². The standard InChI is InChI=1S/C20H24N4O6S/c1-13-7-9-14(10-8-13)31(29,30)23(2)11-17(25)21-22-18(26)12-24-19(27)15-5-3-4-6-16(15)20(24)28/h3-4,7-10,15-16H,5-6,11-12H2,1-2H3,(H,21,25)(H,22,26)/t15-,16+. The number of benzene rings is 1. The summed E-state index contributed by atoms with van der Waals surface area (Å²) in [6.07, 6.45) is 4.62. The number of imide groups is 1. The molecule has 166 valence electrons. The molecule has 10 nitrogen and oxygen atoms in total. The van der Waals surface area contributed by atoms with Gasteiger partial charge in [0.15, 0.2) is 0 Å². The molecule has 0 aromatic heterocycles. The highest BCUT2D eigenvalue weighted by Crippen LogP contribution is 2.34. The van der Waals surface area contributed by atoms with Gasteiger partial charge >= 0.3 is 0 Å². The summed E-state index contributed by atoms with van der Waals surface area (Å²) in [5.41, 5.74) is 5.12. The summed E-state index contributed by atoms with van der Waals surface area (Å²) in [5, 5.41) is 0. The third-order valence-electron chi connectivity index (χ3n) is 5.34. The fourth-order valence-corrected chi connectivity index (χ4v) is 4.69. The van der Waals surface area contributed by atoms with Gasteiger partial charge in [0.1, 0.15) is 6.54 Å². The van der Waals surface area contributed by atoms with E-state index in [1.807, 2.05) is 19.1 Å². The van der Waals surface area contributed by atoms with E-state index in [9.17, 15) is 27.6 Å². The Bertz CT molecular complexity index is 1010. The van der Waals surface area contributed by atoms with Crippen LogP contribution in [0.5, 0.6) is 0 Å². The van der Waals surface area contributed by atoms with Crippen LogP contribution in [0.2, 0.25) is 0 Å². The number of nitrogens with one attached hydrogen (secondary N) is 2. The summed E-state index contributed by atoms with van der Waals surface area (Å²) in [6, 6.07) is 6.18. The molecule has 2 aliphatic rings. The third kappa shape index (κ3) is 4.83. The van der Waals surface area contributed by atoms with Crippen molar-refractivity contribution in [1.29, 1.82) is 0 Å². The number of likely N-dealkylation sites (tertiary alicyclic amines) is 1. The minimum Gasteiger partial charge on any atom is -0.274 e. The van der Waals surface area contributed by atoms with Crippen molar-refractivity contribution in [3.8, 4) is 0 Å². The highest BCUT2D eigenvalue weighted by atomic mass is 32.2. The average molecular weight is 449 g/mol. The Morgan fingerprint density at radius 2 is 1.52 bits per heavy atom. The van der Waals surface area contributed by atoms with Gasteiger partial charge in [-0.05, 0) is 31.9 Å². The predicted octanol–water partition coefficient (Wildman–Crippen LogP) is -0.286. The van der Waals surface area contributed by atoms with Crippen molar-refractivity contribution in [2.45, 2.75) is 24.7 Å². The molecule has 2 atom stereocenters. The smallest absolute Gasteiger partial charge is 0.258 e. The quantitative estimate of drug-likeness (QED) is 0.349. The normalized spacial score (nSPS) is 20.7. The molecule has 31 heavy (non-hydrogen) atoms. The van der Waals surface area contributed by atoms with E-state index in [1.165, 1.54) is 19.2 Å². The van der Waals surface area contributed by atoms with Crippen LogP contribution in [0.4, 0.5) is 0 Å². The van der Waals surface area contributed by atoms with E-state index in [0.717, 1.165) is 14.8 Å². The number of aryl methyl sites for hydroxylation is 1. The number of nitrogens with zero attached hydrogens (tertiary/aromatic N) is 2. The van der Waals surface area contributed by atoms with Crippen molar-refractivity contribution in [2.75, 3.05) is 20.1 Å². The van der Waals surface area contributed by atoms with Gasteiger partial charge in [0, 0.05) is 7.05 Å². The molecule has 4 amide bonds. The van der Waals surface area contributed by atoms with Crippen LogP contribution in [0.1, 0.15) is 18.4 Å². The number of hydrogen-bond acceptors (Lipinski definition) is 6. The van der Waals surface area contributed by atoms with Crippen molar-refractivity contribution in [3.05, 3.63) is 42.0 Å². The molecule has 0 spiro atoms. The Kier molecular flexibility index (Phi) is 6.56. The third-order valence-corrected chi connectivity index (χ3v) is 7.15. The van der Waals surface area contributed by atoms with Crippen LogP contribution in [0, 0.1) is 18.8 Å². The summed E-state index contributed by atoms with van der Waals surface area (Å²) in [5.74, 6) is -3.22. The Morgan fingerprint density at radius 3 is 2.06 bits per heavy atom. The van der Waals surface area contributed by atoms with E-state index in [4.69, 9.17) is 0 Å². The average Bonchev–Trinajstić information content (AvgIpc) is 2.97. The molecule has 1 aliphatic carbocycles. The van der Waals surface area contributed by atoms with Crippen LogP contribution in [0.15, 0.2) is 41.3 Å².